The molecule has 0 heterocycles. The fourth-order valence-corrected chi connectivity index (χ4v) is 4.04. The molecule has 42 heavy (non-hydrogen) atoms. The van der Waals surface area contributed by atoms with Crippen LogP contribution in [0.5, 0.6) is 0 Å². The van der Waals surface area contributed by atoms with Crippen molar-refractivity contribution in [2.24, 2.45) is 11.8 Å². The Hall–Kier alpha value is -2.90. The third-order valence-electron chi connectivity index (χ3n) is 6.99. The molecule has 1 aliphatic rings. The number of hydrogen-bond donors (Lipinski definition) is 1. The minimum absolute atomic E-state index is 0.0214. The first-order valence-corrected chi connectivity index (χ1v) is 15.7. The molecular formula is C34H58O8. The number of unbranched alkanes of at least 4 members (excludes halogenated alkanes) is 2. The van der Waals surface area contributed by atoms with Crippen LogP contribution in [0.4, 0.5) is 0 Å². The van der Waals surface area contributed by atoms with Gasteiger partial charge in [0.25, 0.3) is 0 Å². The van der Waals surface area contributed by atoms with E-state index in [2.05, 4.69) is 47.4 Å². The predicted octanol–water partition coefficient (Wildman–Crippen LogP) is 8.15. The Kier molecular flexibility index (Phi) is 26.5. The van der Waals surface area contributed by atoms with Crippen molar-refractivity contribution in [2.45, 2.75) is 131 Å². The van der Waals surface area contributed by atoms with Gasteiger partial charge >= 0.3 is 23.9 Å². The molecule has 8 nitrogen and oxygen atoms in total. The van der Waals surface area contributed by atoms with Gasteiger partial charge in [0.05, 0.1) is 19.6 Å². The van der Waals surface area contributed by atoms with Gasteiger partial charge in [-0.05, 0) is 57.3 Å². The number of carboxylic acids is 1. The predicted molar refractivity (Wildman–Crippen MR) is 168 cm³/mol. The van der Waals surface area contributed by atoms with Crippen LogP contribution in [0.3, 0.4) is 0 Å². The van der Waals surface area contributed by atoms with E-state index in [1.165, 1.54) is 38.2 Å². The maximum absolute atomic E-state index is 11.4. The lowest BCUT2D eigenvalue weighted by Crippen LogP contribution is -2.22. The number of hydrogen-bond acceptors (Lipinski definition) is 7. The standard InChI is InChI=1S/C12H22O2.C11H16O4.C11H20O2/c1-5-7-8-11(6-2)9-14-12(13)10(3)4;1-8(7-10(12)13)11(14)15-9-5-3-2-4-6-9;1-4-7-8-10(5-2)9-13-11(12)6-3/h11H,3,5-9H2,1-2,4H3;9H,1-7H2,(H,12,13);6,10H,3-5,7-9H2,1-2H3. The Morgan fingerprint density at radius 1 is 0.833 bits per heavy atom. The fraction of sp³-hybridized carbons (Fsp3) is 0.706. The van der Waals surface area contributed by atoms with Crippen LogP contribution in [0.2, 0.25) is 0 Å². The Balaban J connectivity index is 0. The normalized spacial score (nSPS) is 13.9. The Labute approximate surface area is 255 Å². The van der Waals surface area contributed by atoms with E-state index in [4.69, 9.17) is 19.3 Å². The summed E-state index contributed by atoms with van der Waals surface area (Å²) >= 11 is 0. The summed E-state index contributed by atoms with van der Waals surface area (Å²) in [6.07, 6.45) is 15.2. The molecule has 2 atom stereocenters. The van der Waals surface area contributed by atoms with E-state index >= 15 is 0 Å². The SMILES string of the molecule is C=C(C)C(=O)OCC(CC)CCCC.C=C(CC(=O)O)C(=O)OC1CCCCC1.C=CC(=O)OCC(CC)CCCC. The molecule has 0 aromatic heterocycles. The Bertz CT molecular complexity index is 810. The zero-order valence-electron chi connectivity index (χ0n) is 27.0. The van der Waals surface area contributed by atoms with Crippen LogP contribution < -0.4 is 0 Å². The first kappa shape index (κ1) is 41.2. The number of carbonyl (C=O) groups excluding carboxylic acids is 3. The van der Waals surface area contributed by atoms with Gasteiger partial charge in [-0.1, -0.05) is 92.4 Å². The first-order valence-electron chi connectivity index (χ1n) is 15.7. The van der Waals surface area contributed by atoms with Crippen LogP contribution in [0.25, 0.3) is 0 Å². The molecule has 8 heteroatoms. The van der Waals surface area contributed by atoms with Crippen LogP contribution in [-0.2, 0) is 33.4 Å². The summed E-state index contributed by atoms with van der Waals surface area (Å²) < 4.78 is 15.3. The summed E-state index contributed by atoms with van der Waals surface area (Å²) in [7, 11) is 0. The number of aliphatic carboxylic acids is 1. The van der Waals surface area contributed by atoms with Crippen molar-refractivity contribution < 1.29 is 38.5 Å². The second kappa shape index (κ2) is 27.0. The minimum Gasteiger partial charge on any atom is -0.481 e. The highest BCUT2D eigenvalue weighted by Crippen LogP contribution is 2.21. The topological polar surface area (TPSA) is 116 Å². The molecule has 2 unspecified atom stereocenters. The molecule has 0 aliphatic heterocycles. The lowest BCUT2D eigenvalue weighted by Gasteiger charge is -2.21. The van der Waals surface area contributed by atoms with Crippen molar-refractivity contribution in [3.05, 3.63) is 37.0 Å². The number of carbonyl (C=O) groups is 4. The highest BCUT2D eigenvalue weighted by Gasteiger charge is 2.20. The van der Waals surface area contributed by atoms with Gasteiger partial charge < -0.3 is 19.3 Å². The van der Waals surface area contributed by atoms with E-state index in [0.29, 0.717) is 30.6 Å². The van der Waals surface area contributed by atoms with Crippen LogP contribution in [0.1, 0.15) is 125 Å². The van der Waals surface area contributed by atoms with Gasteiger partial charge in [-0.15, -0.1) is 0 Å². The molecule has 0 aromatic carbocycles. The molecule has 0 radical (unpaired) electrons. The van der Waals surface area contributed by atoms with Gasteiger partial charge in [-0.2, -0.15) is 0 Å². The smallest absolute Gasteiger partial charge is 0.334 e. The van der Waals surface area contributed by atoms with E-state index in [1.54, 1.807) is 6.92 Å². The minimum atomic E-state index is -1.06. The molecule has 1 aliphatic carbocycles. The Morgan fingerprint density at radius 2 is 1.33 bits per heavy atom. The van der Waals surface area contributed by atoms with Crippen molar-refractivity contribution >= 4 is 23.9 Å². The first-order chi connectivity index (χ1) is 19.9. The maximum atomic E-state index is 11.4. The summed E-state index contributed by atoms with van der Waals surface area (Å²) in [5.41, 5.74) is 0.503. The van der Waals surface area contributed by atoms with E-state index in [9.17, 15) is 19.2 Å². The summed E-state index contributed by atoms with van der Waals surface area (Å²) in [6, 6.07) is 0. The summed E-state index contributed by atoms with van der Waals surface area (Å²) in [5, 5.41) is 8.47. The highest BCUT2D eigenvalue weighted by atomic mass is 16.5. The molecule has 0 amide bonds. The summed E-state index contributed by atoms with van der Waals surface area (Å²) in [5.74, 6) is -1.16. The second-order valence-electron chi connectivity index (χ2n) is 10.9. The lowest BCUT2D eigenvalue weighted by atomic mass is 9.98. The molecule has 0 aromatic rings. The van der Waals surface area contributed by atoms with Crippen LogP contribution >= 0.6 is 0 Å². The molecule has 1 rings (SSSR count). The van der Waals surface area contributed by atoms with Crippen molar-refractivity contribution in [1.82, 2.24) is 0 Å². The molecule has 1 saturated carbocycles. The van der Waals surface area contributed by atoms with Gasteiger partial charge in [0.2, 0.25) is 0 Å². The van der Waals surface area contributed by atoms with E-state index in [1.807, 2.05) is 0 Å². The van der Waals surface area contributed by atoms with Crippen molar-refractivity contribution in [1.29, 1.82) is 0 Å². The van der Waals surface area contributed by atoms with Crippen molar-refractivity contribution in [3.63, 3.8) is 0 Å². The Morgan fingerprint density at radius 3 is 1.74 bits per heavy atom. The van der Waals surface area contributed by atoms with Gasteiger partial charge in [0.1, 0.15) is 6.10 Å². The van der Waals surface area contributed by atoms with Crippen molar-refractivity contribution in [2.75, 3.05) is 13.2 Å². The van der Waals surface area contributed by atoms with Crippen LogP contribution in [-0.4, -0.2) is 48.3 Å². The average molecular weight is 595 g/mol. The fourth-order valence-electron chi connectivity index (χ4n) is 4.04. The third kappa shape index (κ3) is 23.8. The molecule has 1 fully saturated rings. The van der Waals surface area contributed by atoms with E-state index < -0.39 is 11.9 Å². The maximum Gasteiger partial charge on any atom is 0.334 e. The van der Waals surface area contributed by atoms with Gasteiger partial charge in [-0.3, -0.25) is 4.79 Å². The zero-order chi connectivity index (χ0) is 32.3. The van der Waals surface area contributed by atoms with Gasteiger partial charge in [-0.25, -0.2) is 14.4 Å². The monoisotopic (exact) mass is 594 g/mol. The number of ether oxygens (including phenoxy) is 3. The third-order valence-corrected chi connectivity index (χ3v) is 6.99. The molecule has 0 spiro atoms. The second-order valence-corrected chi connectivity index (χ2v) is 10.9. The van der Waals surface area contributed by atoms with E-state index in [0.717, 1.165) is 51.4 Å². The van der Waals surface area contributed by atoms with Gasteiger partial charge in [0, 0.05) is 17.2 Å². The quantitative estimate of drug-likeness (QED) is 0.0960. The molecular weight excluding hydrogens is 536 g/mol. The lowest BCUT2D eigenvalue weighted by molar-refractivity contribution is -0.148. The zero-order valence-corrected chi connectivity index (χ0v) is 27.0. The largest absolute Gasteiger partial charge is 0.481 e. The molecule has 0 saturated heterocycles. The number of carboxylic acid groups (broad SMARTS) is 1. The van der Waals surface area contributed by atoms with Crippen molar-refractivity contribution in [3.8, 4) is 0 Å². The molecule has 1 N–H and O–H groups in total. The van der Waals surface area contributed by atoms with Crippen LogP contribution in [0.15, 0.2) is 37.0 Å². The van der Waals surface area contributed by atoms with Crippen LogP contribution in [0, 0.1) is 11.8 Å². The average Bonchev–Trinajstić information content (AvgIpc) is 2.97. The number of rotatable bonds is 18. The summed E-state index contributed by atoms with van der Waals surface area (Å²) in [4.78, 5) is 43.6. The molecule has 242 valence electrons. The highest BCUT2D eigenvalue weighted by molar-refractivity contribution is 5.92. The molecule has 0 bridgehead atoms. The number of esters is 3. The van der Waals surface area contributed by atoms with Gasteiger partial charge in [0.15, 0.2) is 0 Å². The summed E-state index contributed by atoms with van der Waals surface area (Å²) in [6.45, 7) is 21.7. The van der Waals surface area contributed by atoms with E-state index in [-0.39, 0.29) is 30.0 Å².